The molecule has 1 aliphatic rings. The van der Waals surface area contributed by atoms with Crippen LogP contribution >= 0.6 is 0 Å². The summed E-state index contributed by atoms with van der Waals surface area (Å²) >= 11 is 0. The van der Waals surface area contributed by atoms with E-state index < -0.39 is 0 Å². The van der Waals surface area contributed by atoms with Crippen molar-refractivity contribution in [2.75, 3.05) is 13.1 Å². The molecule has 1 aromatic carbocycles. The Balaban J connectivity index is 1.56. The van der Waals surface area contributed by atoms with E-state index in [1.54, 1.807) is 0 Å². The third-order valence-electron chi connectivity index (χ3n) is 4.95. The van der Waals surface area contributed by atoms with Crippen LogP contribution in [0.5, 0.6) is 0 Å². The van der Waals surface area contributed by atoms with Crippen LogP contribution in [0.2, 0.25) is 0 Å². The number of imidazole rings is 1. The van der Waals surface area contributed by atoms with Crippen molar-refractivity contribution in [2.24, 2.45) is 7.05 Å². The normalized spacial score (nSPS) is 19.0. The molecule has 0 radical (unpaired) electrons. The fraction of sp³-hybridized carbons (Fsp3) is 0.368. The second kappa shape index (κ2) is 6.24. The predicted octanol–water partition coefficient (Wildman–Crippen LogP) is 2.64. The molecule has 2 aromatic heterocycles. The highest BCUT2D eigenvalue weighted by atomic mass is 16.1. The maximum atomic E-state index is 12.4. The molecule has 1 fully saturated rings. The van der Waals surface area contributed by atoms with Gasteiger partial charge in [-0.3, -0.25) is 9.69 Å². The van der Waals surface area contributed by atoms with E-state index in [1.165, 1.54) is 0 Å². The monoisotopic (exact) mass is 322 g/mol. The molecule has 5 nitrogen and oxygen atoms in total. The third-order valence-corrected chi connectivity index (χ3v) is 4.95. The van der Waals surface area contributed by atoms with E-state index >= 15 is 0 Å². The van der Waals surface area contributed by atoms with Crippen molar-refractivity contribution in [3.63, 3.8) is 0 Å². The van der Waals surface area contributed by atoms with Gasteiger partial charge in [0.1, 0.15) is 5.82 Å². The number of H-pyrrole nitrogens is 1. The lowest BCUT2D eigenvalue weighted by Crippen LogP contribution is -2.36. The maximum absolute atomic E-state index is 12.4. The van der Waals surface area contributed by atoms with E-state index in [9.17, 15) is 4.79 Å². The van der Waals surface area contributed by atoms with Crippen molar-refractivity contribution in [1.82, 2.24) is 19.4 Å². The number of nitrogens with zero attached hydrogens (tertiary/aromatic N) is 3. The van der Waals surface area contributed by atoms with Gasteiger partial charge in [-0.1, -0.05) is 18.2 Å². The molecule has 0 aliphatic carbocycles. The zero-order valence-electron chi connectivity index (χ0n) is 13.9. The molecule has 1 aliphatic heterocycles. The molecule has 0 bridgehead atoms. The van der Waals surface area contributed by atoms with Crippen molar-refractivity contribution in [1.29, 1.82) is 0 Å². The number of fused-ring (bicyclic) bond motifs is 1. The molecule has 1 unspecified atom stereocenters. The van der Waals surface area contributed by atoms with Gasteiger partial charge in [-0.05, 0) is 36.9 Å². The Bertz CT molecular complexity index is 911. The number of rotatable bonds is 3. The number of likely N-dealkylation sites (tertiary alicyclic amines) is 1. The second-order valence-corrected chi connectivity index (χ2v) is 6.68. The van der Waals surface area contributed by atoms with Crippen LogP contribution in [0, 0.1) is 0 Å². The molecule has 3 heterocycles. The highest BCUT2D eigenvalue weighted by molar-refractivity contribution is 5.78. The smallest absolute Gasteiger partial charge is 0.252 e. The number of hydrogen-bond acceptors (Lipinski definition) is 3. The molecule has 0 amide bonds. The topological polar surface area (TPSA) is 53.9 Å². The van der Waals surface area contributed by atoms with Crippen molar-refractivity contribution in [2.45, 2.75) is 25.3 Å². The average molecular weight is 322 g/mol. The van der Waals surface area contributed by atoms with E-state index in [4.69, 9.17) is 0 Å². The van der Waals surface area contributed by atoms with E-state index in [0.29, 0.717) is 12.5 Å². The van der Waals surface area contributed by atoms with Crippen LogP contribution in [0.4, 0.5) is 0 Å². The molecular weight excluding hydrogens is 300 g/mol. The molecule has 24 heavy (non-hydrogen) atoms. The fourth-order valence-corrected chi connectivity index (χ4v) is 3.73. The summed E-state index contributed by atoms with van der Waals surface area (Å²) in [6.07, 6.45) is 6.17. The molecule has 0 spiro atoms. The minimum absolute atomic E-state index is 0.0211. The van der Waals surface area contributed by atoms with Gasteiger partial charge in [-0.15, -0.1) is 0 Å². The molecule has 5 heteroatoms. The van der Waals surface area contributed by atoms with Crippen molar-refractivity contribution in [3.8, 4) is 0 Å². The fourth-order valence-electron chi connectivity index (χ4n) is 3.73. The highest BCUT2D eigenvalue weighted by Gasteiger charge is 2.24. The van der Waals surface area contributed by atoms with Crippen molar-refractivity contribution in [3.05, 3.63) is 64.5 Å². The van der Waals surface area contributed by atoms with E-state index in [1.807, 2.05) is 42.7 Å². The summed E-state index contributed by atoms with van der Waals surface area (Å²) < 4.78 is 2.11. The average Bonchev–Trinajstić information content (AvgIpc) is 3.02. The van der Waals surface area contributed by atoms with Gasteiger partial charge >= 0.3 is 0 Å². The SMILES string of the molecule is Cn1ccnc1C1CCCN(Cc2cc3ccccc3[nH]c2=O)C1. The van der Waals surface area contributed by atoms with Crippen LogP contribution in [0.3, 0.4) is 0 Å². The first kappa shape index (κ1) is 15.1. The summed E-state index contributed by atoms with van der Waals surface area (Å²) in [5, 5.41) is 1.09. The third kappa shape index (κ3) is 2.87. The highest BCUT2D eigenvalue weighted by Crippen LogP contribution is 2.26. The van der Waals surface area contributed by atoms with Gasteiger partial charge in [-0.2, -0.15) is 0 Å². The van der Waals surface area contributed by atoms with Gasteiger partial charge in [0.15, 0.2) is 0 Å². The number of hydrogen-bond donors (Lipinski definition) is 1. The van der Waals surface area contributed by atoms with Gasteiger partial charge in [-0.25, -0.2) is 4.98 Å². The summed E-state index contributed by atoms with van der Waals surface area (Å²) in [7, 11) is 2.05. The number of nitrogens with one attached hydrogen (secondary N) is 1. The molecule has 1 atom stereocenters. The molecule has 4 rings (SSSR count). The van der Waals surface area contributed by atoms with Gasteiger partial charge in [0, 0.05) is 49.5 Å². The summed E-state index contributed by atoms with van der Waals surface area (Å²) in [5.41, 5.74) is 1.76. The first-order chi connectivity index (χ1) is 11.7. The summed E-state index contributed by atoms with van der Waals surface area (Å²) in [6.45, 7) is 2.69. The number of aryl methyl sites for hydroxylation is 1. The zero-order chi connectivity index (χ0) is 16.5. The first-order valence-corrected chi connectivity index (χ1v) is 8.51. The molecule has 124 valence electrons. The Morgan fingerprint density at radius 3 is 3.04 bits per heavy atom. The van der Waals surface area contributed by atoms with E-state index in [2.05, 4.69) is 26.5 Å². The lowest BCUT2D eigenvalue weighted by atomic mass is 9.96. The van der Waals surface area contributed by atoms with Crippen LogP contribution in [-0.2, 0) is 13.6 Å². The van der Waals surface area contributed by atoms with Crippen molar-refractivity contribution < 1.29 is 0 Å². The Kier molecular flexibility index (Phi) is 3.94. The maximum Gasteiger partial charge on any atom is 0.252 e. The van der Waals surface area contributed by atoms with Gasteiger partial charge < -0.3 is 9.55 Å². The number of benzene rings is 1. The van der Waals surface area contributed by atoms with Crippen LogP contribution in [0.25, 0.3) is 10.9 Å². The Morgan fingerprint density at radius 1 is 1.33 bits per heavy atom. The zero-order valence-corrected chi connectivity index (χ0v) is 13.9. The summed E-state index contributed by atoms with van der Waals surface area (Å²) in [6, 6.07) is 9.96. The quantitative estimate of drug-likeness (QED) is 0.806. The minimum atomic E-state index is 0.0211. The van der Waals surface area contributed by atoms with Crippen LogP contribution in [0.1, 0.15) is 30.1 Å². The molecular formula is C19H22N4O. The number of piperidine rings is 1. The predicted molar refractivity (Wildman–Crippen MR) is 95.0 cm³/mol. The van der Waals surface area contributed by atoms with Crippen LogP contribution in [-0.4, -0.2) is 32.5 Å². The molecule has 3 aromatic rings. The van der Waals surface area contributed by atoms with Crippen LogP contribution in [0.15, 0.2) is 47.5 Å². The first-order valence-electron chi connectivity index (χ1n) is 8.51. The largest absolute Gasteiger partial charge is 0.338 e. The van der Waals surface area contributed by atoms with Crippen LogP contribution < -0.4 is 5.56 Å². The van der Waals surface area contributed by atoms with E-state index in [-0.39, 0.29) is 5.56 Å². The van der Waals surface area contributed by atoms with E-state index in [0.717, 1.165) is 48.2 Å². The Labute approximate surface area is 140 Å². The standard InChI is InChI=1S/C19H22N4O/c1-22-10-8-20-18(22)15-6-4-9-23(12-15)13-16-11-14-5-2-3-7-17(14)21-19(16)24/h2-3,5,7-8,10-11,15H,4,6,9,12-13H2,1H3,(H,21,24). The number of aromatic nitrogens is 3. The summed E-state index contributed by atoms with van der Waals surface area (Å²) in [5.74, 6) is 1.59. The van der Waals surface area contributed by atoms with Gasteiger partial charge in [0.05, 0.1) is 0 Å². The number of para-hydroxylation sites is 1. The number of pyridine rings is 1. The number of aromatic amines is 1. The Morgan fingerprint density at radius 2 is 2.21 bits per heavy atom. The minimum Gasteiger partial charge on any atom is -0.338 e. The lowest BCUT2D eigenvalue weighted by molar-refractivity contribution is 0.194. The summed E-state index contributed by atoms with van der Waals surface area (Å²) in [4.78, 5) is 22.3. The van der Waals surface area contributed by atoms with Gasteiger partial charge in [0.2, 0.25) is 0 Å². The molecule has 1 N–H and O–H groups in total. The van der Waals surface area contributed by atoms with Crippen molar-refractivity contribution >= 4 is 10.9 Å². The second-order valence-electron chi connectivity index (χ2n) is 6.68. The molecule has 1 saturated heterocycles. The molecule has 0 saturated carbocycles. The Hall–Kier alpha value is -2.40. The van der Waals surface area contributed by atoms with Gasteiger partial charge in [0.25, 0.3) is 5.56 Å². The lowest BCUT2D eigenvalue weighted by Gasteiger charge is -2.32.